The van der Waals surface area contributed by atoms with Crippen molar-refractivity contribution in [1.82, 2.24) is 10.2 Å². The van der Waals surface area contributed by atoms with Crippen LogP contribution in [0.15, 0.2) is 24.3 Å². The molecule has 0 bridgehead atoms. The van der Waals surface area contributed by atoms with Crippen molar-refractivity contribution in [2.45, 2.75) is 43.9 Å². The van der Waals surface area contributed by atoms with E-state index in [-0.39, 0.29) is 29.7 Å². The molecule has 3 atom stereocenters. The molecule has 2 saturated heterocycles. The highest BCUT2D eigenvalue weighted by Crippen LogP contribution is 2.41. The normalized spacial score (nSPS) is 31.0. The van der Waals surface area contributed by atoms with Crippen LogP contribution in [0.4, 0.5) is 9.18 Å². The Hall–Kier alpha value is -1.66. The van der Waals surface area contributed by atoms with Gasteiger partial charge in [-0.15, -0.1) is 0 Å². The van der Waals surface area contributed by atoms with Crippen molar-refractivity contribution in [3.05, 3.63) is 35.6 Å². The molecule has 1 aliphatic carbocycles. The van der Waals surface area contributed by atoms with Crippen LogP contribution in [0.5, 0.6) is 0 Å². The van der Waals surface area contributed by atoms with Crippen LogP contribution in [-0.2, 0) is 9.47 Å². The first-order valence-corrected chi connectivity index (χ1v) is 9.14. The first-order chi connectivity index (χ1) is 12.0. The van der Waals surface area contributed by atoms with E-state index in [9.17, 15) is 9.18 Å². The number of likely N-dealkylation sites (tertiary alicyclic amines) is 1. The molecule has 1 N–H and O–H groups in total. The van der Waals surface area contributed by atoms with Crippen LogP contribution in [0.3, 0.4) is 0 Å². The number of carbonyl (C=O) groups is 1. The molecule has 3 aliphatic rings. The van der Waals surface area contributed by atoms with Crippen molar-refractivity contribution in [1.29, 1.82) is 0 Å². The van der Waals surface area contributed by atoms with E-state index < -0.39 is 5.79 Å². The van der Waals surface area contributed by atoms with Gasteiger partial charge in [0.2, 0.25) is 0 Å². The highest BCUT2D eigenvalue weighted by molar-refractivity contribution is 5.75. The molecule has 1 saturated carbocycles. The van der Waals surface area contributed by atoms with Crippen LogP contribution in [0.25, 0.3) is 0 Å². The average molecular weight is 348 g/mol. The minimum absolute atomic E-state index is 0.0322. The molecule has 25 heavy (non-hydrogen) atoms. The average Bonchev–Trinajstić information content (AvgIpc) is 3.24. The van der Waals surface area contributed by atoms with Gasteiger partial charge in [0.05, 0.1) is 13.2 Å². The molecular weight excluding hydrogens is 323 g/mol. The van der Waals surface area contributed by atoms with Crippen molar-refractivity contribution in [2.75, 3.05) is 26.3 Å². The van der Waals surface area contributed by atoms with Crippen molar-refractivity contribution in [3.63, 3.8) is 0 Å². The maximum Gasteiger partial charge on any atom is 0.317 e. The lowest BCUT2D eigenvalue weighted by Gasteiger charge is -2.39. The molecule has 6 heteroatoms. The van der Waals surface area contributed by atoms with Gasteiger partial charge in [0.1, 0.15) is 5.82 Å². The zero-order valence-corrected chi connectivity index (χ0v) is 14.5. The summed E-state index contributed by atoms with van der Waals surface area (Å²) in [4.78, 5) is 14.5. The van der Waals surface area contributed by atoms with E-state index in [4.69, 9.17) is 9.47 Å². The van der Waals surface area contributed by atoms with Gasteiger partial charge in [-0.3, -0.25) is 0 Å². The van der Waals surface area contributed by atoms with Gasteiger partial charge in [-0.25, -0.2) is 9.18 Å². The number of piperidine rings is 1. The smallest absolute Gasteiger partial charge is 0.317 e. The number of urea groups is 1. The van der Waals surface area contributed by atoms with Gasteiger partial charge in [-0.05, 0) is 43.9 Å². The number of rotatable bonds is 3. The number of carbonyl (C=O) groups excluding carboxylic acids is 1. The molecule has 1 aromatic carbocycles. The van der Waals surface area contributed by atoms with E-state index in [1.165, 1.54) is 6.07 Å². The van der Waals surface area contributed by atoms with Crippen LogP contribution in [0.2, 0.25) is 0 Å². The Morgan fingerprint density at radius 2 is 2.16 bits per heavy atom. The Bertz CT molecular complexity index is 647. The number of benzene rings is 1. The maximum atomic E-state index is 13.3. The summed E-state index contributed by atoms with van der Waals surface area (Å²) < 4.78 is 24.9. The SMILES string of the molecule is CC1([C@@H]2CCCN(C(=O)N[C@H]3C[C@H]3c3cccc(F)c3)C2)OCCO1. The summed E-state index contributed by atoms with van der Waals surface area (Å²) in [6.45, 7) is 4.63. The van der Waals surface area contributed by atoms with Crippen molar-refractivity contribution >= 4 is 6.03 Å². The lowest BCUT2D eigenvalue weighted by atomic mass is 9.90. The molecule has 0 radical (unpaired) electrons. The number of hydrogen-bond donors (Lipinski definition) is 1. The van der Waals surface area contributed by atoms with E-state index in [1.54, 1.807) is 12.1 Å². The summed E-state index contributed by atoms with van der Waals surface area (Å²) in [7, 11) is 0. The van der Waals surface area contributed by atoms with Crippen molar-refractivity contribution in [2.24, 2.45) is 5.92 Å². The van der Waals surface area contributed by atoms with E-state index in [0.717, 1.165) is 31.4 Å². The largest absolute Gasteiger partial charge is 0.347 e. The Morgan fingerprint density at radius 3 is 2.92 bits per heavy atom. The van der Waals surface area contributed by atoms with Gasteiger partial charge in [0.15, 0.2) is 5.79 Å². The predicted molar refractivity (Wildman–Crippen MR) is 90.7 cm³/mol. The van der Waals surface area contributed by atoms with Crippen LogP contribution >= 0.6 is 0 Å². The summed E-state index contributed by atoms with van der Waals surface area (Å²) in [5, 5.41) is 3.10. The zero-order chi connectivity index (χ0) is 17.4. The summed E-state index contributed by atoms with van der Waals surface area (Å²) in [5.41, 5.74) is 0.960. The highest BCUT2D eigenvalue weighted by atomic mass is 19.1. The Morgan fingerprint density at radius 1 is 1.36 bits per heavy atom. The number of nitrogens with zero attached hydrogens (tertiary/aromatic N) is 1. The van der Waals surface area contributed by atoms with E-state index in [2.05, 4.69) is 5.32 Å². The third-order valence-electron chi connectivity index (χ3n) is 5.69. The van der Waals surface area contributed by atoms with Crippen LogP contribution in [0.1, 0.15) is 37.7 Å². The fourth-order valence-electron chi connectivity index (χ4n) is 4.07. The molecule has 4 rings (SSSR count). The van der Waals surface area contributed by atoms with Gasteiger partial charge in [0, 0.05) is 31.0 Å². The lowest BCUT2D eigenvalue weighted by molar-refractivity contribution is -0.189. The topological polar surface area (TPSA) is 50.8 Å². The van der Waals surface area contributed by atoms with Crippen LogP contribution in [0, 0.1) is 11.7 Å². The van der Waals surface area contributed by atoms with Gasteiger partial charge >= 0.3 is 6.03 Å². The lowest BCUT2D eigenvalue weighted by Crippen LogP contribution is -2.51. The van der Waals surface area contributed by atoms with Crippen LogP contribution in [-0.4, -0.2) is 49.1 Å². The quantitative estimate of drug-likeness (QED) is 0.914. The maximum absolute atomic E-state index is 13.3. The molecule has 0 aromatic heterocycles. The second-order valence-electron chi connectivity index (χ2n) is 7.45. The number of halogens is 1. The van der Waals surface area contributed by atoms with Crippen molar-refractivity contribution < 1.29 is 18.7 Å². The molecule has 5 nitrogen and oxygen atoms in total. The second kappa shape index (κ2) is 6.57. The van der Waals surface area contributed by atoms with Crippen molar-refractivity contribution in [3.8, 4) is 0 Å². The molecule has 3 fully saturated rings. The molecule has 2 aliphatic heterocycles. The fraction of sp³-hybridized carbons (Fsp3) is 0.632. The second-order valence-corrected chi connectivity index (χ2v) is 7.45. The third kappa shape index (κ3) is 3.51. The first kappa shape index (κ1) is 16.8. The van der Waals surface area contributed by atoms with E-state index in [0.29, 0.717) is 19.8 Å². The molecule has 1 aromatic rings. The monoisotopic (exact) mass is 348 g/mol. The minimum Gasteiger partial charge on any atom is -0.347 e. The summed E-state index contributed by atoms with van der Waals surface area (Å²) >= 11 is 0. The number of hydrogen-bond acceptors (Lipinski definition) is 3. The Balaban J connectivity index is 1.32. The number of amides is 2. The van der Waals surface area contributed by atoms with Gasteiger partial charge in [-0.1, -0.05) is 12.1 Å². The summed E-state index contributed by atoms with van der Waals surface area (Å²) in [5.74, 6) is -0.368. The number of ether oxygens (including phenoxy) is 2. The van der Waals surface area contributed by atoms with Gasteiger partial charge in [-0.2, -0.15) is 0 Å². The molecular formula is C19H25FN2O3. The van der Waals surface area contributed by atoms with E-state index >= 15 is 0 Å². The number of nitrogens with one attached hydrogen (secondary N) is 1. The Labute approximate surface area is 147 Å². The summed E-state index contributed by atoms with van der Waals surface area (Å²) in [6, 6.07) is 6.72. The molecule has 2 heterocycles. The predicted octanol–water partition coefficient (Wildman–Crippen LogP) is 2.87. The Kier molecular flexibility index (Phi) is 4.41. The van der Waals surface area contributed by atoms with Gasteiger partial charge in [0.25, 0.3) is 0 Å². The third-order valence-corrected chi connectivity index (χ3v) is 5.69. The van der Waals surface area contributed by atoms with Gasteiger partial charge < -0.3 is 19.7 Å². The molecule has 2 amide bonds. The molecule has 0 unspecified atom stereocenters. The first-order valence-electron chi connectivity index (χ1n) is 9.14. The summed E-state index contributed by atoms with van der Waals surface area (Å²) in [6.07, 6.45) is 2.84. The van der Waals surface area contributed by atoms with Crippen LogP contribution < -0.4 is 5.32 Å². The van der Waals surface area contributed by atoms with E-state index in [1.807, 2.05) is 17.9 Å². The highest BCUT2D eigenvalue weighted by Gasteiger charge is 2.44. The fourth-order valence-corrected chi connectivity index (χ4v) is 4.07. The standard InChI is InChI=1S/C19H25FN2O3/c1-19(24-8-9-25-19)14-5-3-7-22(12-14)18(23)21-17-11-16(17)13-4-2-6-15(20)10-13/h2,4,6,10,14,16-17H,3,5,7-9,11-12H2,1H3,(H,21,23)/t14-,16+,17+/m1/s1. The molecule has 136 valence electrons. The minimum atomic E-state index is -0.567. The zero-order valence-electron chi connectivity index (χ0n) is 14.5. The molecule has 0 spiro atoms.